The first-order valence-electron chi connectivity index (χ1n) is 12.0. The summed E-state index contributed by atoms with van der Waals surface area (Å²) in [7, 11) is 2.20. The molecule has 0 saturated carbocycles. The van der Waals surface area contributed by atoms with Crippen LogP contribution in [0, 0.1) is 0 Å². The van der Waals surface area contributed by atoms with Crippen molar-refractivity contribution >= 4 is 11.6 Å². The van der Waals surface area contributed by atoms with E-state index in [1.165, 1.54) is 5.69 Å². The topological polar surface area (TPSA) is 66.5 Å². The fourth-order valence-electron chi connectivity index (χ4n) is 4.76. The number of piperidine rings is 1. The number of ether oxygens (including phenoxy) is 3. The number of benzene rings is 1. The van der Waals surface area contributed by atoms with Gasteiger partial charge in [0.2, 0.25) is 0 Å². The summed E-state index contributed by atoms with van der Waals surface area (Å²) in [6.45, 7) is 10.1. The van der Waals surface area contributed by atoms with E-state index in [1.54, 1.807) is 0 Å². The zero-order chi connectivity index (χ0) is 22.2. The van der Waals surface area contributed by atoms with E-state index < -0.39 is 0 Å². The molecule has 4 rings (SSSR count). The van der Waals surface area contributed by atoms with E-state index in [2.05, 4.69) is 39.2 Å². The van der Waals surface area contributed by atoms with E-state index in [1.807, 2.05) is 12.1 Å². The van der Waals surface area contributed by atoms with E-state index in [0.29, 0.717) is 32.4 Å². The van der Waals surface area contributed by atoms with Crippen LogP contribution in [0.3, 0.4) is 0 Å². The molecule has 8 nitrogen and oxygen atoms in total. The molecule has 1 amide bonds. The van der Waals surface area contributed by atoms with E-state index >= 15 is 0 Å². The molecule has 1 aromatic rings. The number of anilines is 1. The number of rotatable bonds is 8. The van der Waals surface area contributed by atoms with E-state index in [-0.39, 0.29) is 12.0 Å². The number of amides is 1. The van der Waals surface area contributed by atoms with Crippen molar-refractivity contribution < 1.29 is 19.0 Å². The largest absolute Gasteiger partial charge is 0.379 e. The SMILES string of the molecule is CN(C[C@H]1COCCO1)C1CCN(c2ccc(C(=O)NCCN3CCOCC3)cc2)CC1. The molecule has 3 aliphatic heterocycles. The van der Waals surface area contributed by atoms with Crippen molar-refractivity contribution in [1.29, 1.82) is 0 Å². The maximum atomic E-state index is 12.5. The number of nitrogens with one attached hydrogen (secondary N) is 1. The molecular weight excluding hydrogens is 408 g/mol. The van der Waals surface area contributed by atoms with Gasteiger partial charge < -0.3 is 29.3 Å². The van der Waals surface area contributed by atoms with Crippen molar-refractivity contribution in [1.82, 2.24) is 15.1 Å². The third kappa shape index (κ3) is 6.65. The molecule has 3 saturated heterocycles. The summed E-state index contributed by atoms with van der Waals surface area (Å²) in [5.74, 6) is -0.000876. The number of likely N-dealkylation sites (N-methyl/N-ethyl adjacent to an activating group) is 1. The van der Waals surface area contributed by atoms with Crippen LogP contribution in [0.15, 0.2) is 24.3 Å². The molecule has 3 fully saturated rings. The number of carbonyl (C=O) groups is 1. The van der Waals surface area contributed by atoms with Gasteiger partial charge in [-0.25, -0.2) is 0 Å². The summed E-state index contributed by atoms with van der Waals surface area (Å²) in [6, 6.07) is 8.62. The highest BCUT2D eigenvalue weighted by Gasteiger charge is 2.25. The van der Waals surface area contributed by atoms with E-state index in [4.69, 9.17) is 14.2 Å². The lowest BCUT2D eigenvalue weighted by Crippen LogP contribution is -2.47. The van der Waals surface area contributed by atoms with Gasteiger partial charge in [-0.15, -0.1) is 0 Å². The Morgan fingerprint density at radius 1 is 1.03 bits per heavy atom. The number of morpholine rings is 1. The maximum Gasteiger partial charge on any atom is 0.251 e. The van der Waals surface area contributed by atoms with Gasteiger partial charge in [-0.3, -0.25) is 9.69 Å². The summed E-state index contributed by atoms with van der Waals surface area (Å²) in [5.41, 5.74) is 1.92. The molecule has 0 aromatic heterocycles. The zero-order valence-electron chi connectivity index (χ0n) is 19.3. The van der Waals surface area contributed by atoms with Gasteiger partial charge in [0.05, 0.1) is 39.1 Å². The predicted molar refractivity (Wildman–Crippen MR) is 124 cm³/mol. The average molecular weight is 447 g/mol. The fourth-order valence-corrected chi connectivity index (χ4v) is 4.76. The molecule has 1 aromatic carbocycles. The van der Waals surface area contributed by atoms with Crippen LogP contribution in [0.2, 0.25) is 0 Å². The van der Waals surface area contributed by atoms with Crippen LogP contribution >= 0.6 is 0 Å². The van der Waals surface area contributed by atoms with Crippen LogP contribution < -0.4 is 10.2 Å². The van der Waals surface area contributed by atoms with Crippen molar-refractivity contribution in [2.24, 2.45) is 0 Å². The molecule has 3 heterocycles. The van der Waals surface area contributed by atoms with E-state index in [9.17, 15) is 4.79 Å². The minimum atomic E-state index is -0.000876. The molecule has 1 N–H and O–H groups in total. The van der Waals surface area contributed by atoms with Gasteiger partial charge in [-0.1, -0.05) is 0 Å². The highest BCUT2D eigenvalue weighted by atomic mass is 16.6. The van der Waals surface area contributed by atoms with E-state index in [0.717, 1.165) is 70.9 Å². The second kappa shape index (κ2) is 12.0. The lowest BCUT2D eigenvalue weighted by atomic mass is 10.0. The number of nitrogens with zero attached hydrogens (tertiary/aromatic N) is 3. The quantitative estimate of drug-likeness (QED) is 0.641. The summed E-state index contributed by atoms with van der Waals surface area (Å²) in [4.78, 5) is 19.6. The average Bonchev–Trinajstić information content (AvgIpc) is 2.85. The smallest absolute Gasteiger partial charge is 0.251 e. The van der Waals surface area contributed by atoms with Crippen LogP contribution in [0.5, 0.6) is 0 Å². The highest BCUT2D eigenvalue weighted by molar-refractivity contribution is 5.94. The van der Waals surface area contributed by atoms with Gasteiger partial charge in [0.15, 0.2) is 0 Å². The third-order valence-electron chi connectivity index (χ3n) is 6.78. The maximum absolute atomic E-state index is 12.5. The second-order valence-corrected chi connectivity index (χ2v) is 8.98. The second-order valence-electron chi connectivity index (χ2n) is 8.98. The van der Waals surface area contributed by atoms with Crippen LogP contribution in [0.25, 0.3) is 0 Å². The molecule has 178 valence electrons. The molecule has 0 bridgehead atoms. The Hall–Kier alpha value is -1.71. The molecule has 3 aliphatic rings. The summed E-state index contributed by atoms with van der Waals surface area (Å²) >= 11 is 0. The number of hydrogen-bond donors (Lipinski definition) is 1. The van der Waals surface area contributed by atoms with Crippen LogP contribution in [-0.2, 0) is 14.2 Å². The molecule has 8 heteroatoms. The van der Waals surface area contributed by atoms with Crippen molar-refractivity contribution in [3.63, 3.8) is 0 Å². The van der Waals surface area contributed by atoms with Gasteiger partial charge >= 0.3 is 0 Å². The van der Waals surface area contributed by atoms with Gasteiger partial charge in [-0.05, 0) is 44.2 Å². The zero-order valence-corrected chi connectivity index (χ0v) is 19.3. The molecule has 0 spiro atoms. The first kappa shape index (κ1) is 23.4. The van der Waals surface area contributed by atoms with Crippen molar-refractivity contribution in [3.8, 4) is 0 Å². The lowest BCUT2D eigenvalue weighted by Gasteiger charge is -2.39. The van der Waals surface area contributed by atoms with Gasteiger partial charge in [0, 0.05) is 63.1 Å². The molecule has 0 radical (unpaired) electrons. The molecule has 0 aliphatic carbocycles. The monoisotopic (exact) mass is 446 g/mol. The summed E-state index contributed by atoms with van der Waals surface area (Å²) in [6.07, 6.45) is 2.46. The van der Waals surface area contributed by atoms with Gasteiger partial charge in [0.25, 0.3) is 5.91 Å². The Kier molecular flexibility index (Phi) is 8.76. The Labute approximate surface area is 191 Å². The molecular formula is C24H38N4O4. The van der Waals surface area contributed by atoms with Crippen molar-refractivity contribution in [2.75, 3.05) is 90.8 Å². The normalized spacial score (nSPS) is 23.4. The minimum absolute atomic E-state index is 0.000876. The first-order valence-corrected chi connectivity index (χ1v) is 12.0. The highest BCUT2D eigenvalue weighted by Crippen LogP contribution is 2.23. The van der Waals surface area contributed by atoms with Crippen molar-refractivity contribution in [2.45, 2.75) is 25.0 Å². The summed E-state index contributed by atoms with van der Waals surface area (Å²) in [5, 5.41) is 3.04. The number of hydrogen-bond acceptors (Lipinski definition) is 7. The molecule has 32 heavy (non-hydrogen) atoms. The lowest BCUT2D eigenvalue weighted by molar-refractivity contribution is -0.0989. The standard InChI is InChI=1S/C24H38N4O4/c1-26(18-23-19-31-16-17-32-23)21-6-9-28(10-7-21)22-4-2-20(3-5-22)24(29)25-8-11-27-12-14-30-15-13-27/h2-5,21,23H,6-19H2,1H3,(H,25,29)/t23-/m0/s1. The minimum Gasteiger partial charge on any atom is -0.379 e. The van der Waals surface area contributed by atoms with Gasteiger partial charge in [0.1, 0.15) is 0 Å². The van der Waals surface area contributed by atoms with Crippen molar-refractivity contribution in [3.05, 3.63) is 29.8 Å². The Balaban J connectivity index is 1.18. The summed E-state index contributed by atoms with van der Waals surface area (Å²) < 4.78 is 16.7. The van der Waals surface area contributed by atoms with Gasteiger partial charge in [-0.2, -0.15) is 0 Å². The van der Waals surface area contributed by atoms with Crippen LogP contribution in [0.4, 0.5) is 5.69 Å². The molecule has 0 unspecified atom stereocenters. The fraction of sp³-hybridized carbons (Fsp3) is 0.708. The predicted octanol–water partition coefficient (Wildman–Crippen LogP) is 1.06. The first-order chi connectivity index (χ1) is 15.7. The van der Waals surface area contributed by atoms with Crippen LogP contribution in [-0.4, -0.2) is 114 Å². The Bertz CT molecular complexity index is 696. The molecule has 1 atom stereocenters. The van der Waals surface area contributed by atoms with Crippen LogP contribution in [0.1, 0.15) is 23.2 Å². The Morgan fingerprint density at radius 2 is 1.78 bits per heavy atom. The third-order valence-corrected chi connectivity index (χ3v) is 6.78. The Morgan fingerprint density at radius 3 is 2.47 bits per heavy atom. The number of carbonyl (C=O) groups excluding carboxylic acids is 1.